The van der Waals surface area contributed by atoms with Gasteiger partial charge in [0, 0.05) is 41.1 Å². The van der Waals surface area contributed by atoms with E-state index in [4.69, 9.17) is 0 Å². The molecule has 0 aliphatic heterocycles. The van der Waals surface area contributed by atoms with Gasteiger partial charge in [-0.25, -0.2) is 9.13 Å². The third-order valence-corrected chi connectivity index (χ3v) is 7.13. The summed E-state index contributed by atoms with van der Waals surface area (Å²) in [5.41, 5.74) is 5.26. The molecule has 0 saturated heterocycles. The zero-order chi connectivity index (χ0) is 38.4. The zero-order valence-corrected chi connectivity index (χ0v) is 33.6. The van der Waals surface area contributed by atoms with Crippen LogP contribution in [0.15, 0.2) is 97.7 Å². The quantitative estimate of drug-likeness (QED) is 0.167. The van der Waals surface area contributed by atoms with Crippen LogP contribution in [0.25, 0.3) is 21.7 Å². The molecule has 0 atom stereocenters. The van der Waals surface area contributed by atoms with Crippen molar-refractivity contribution in [1.29, 1.82) is 0 Å². The Balaban J connectivity index is 0.000000656. The minimum Gasteiger partial charge on any atom is -0.208 e. The van der Waals surface area contributed by atoms with E-state index in [-0.39, 0.29) is 4.57 Å². The molecule has 6 heteroatoms. The van der Waals surface area contributed by atoms with E-state index in [0.717, 1.165) is 23.3 Å². The Morgan fingerprint density at radius 3 is 1.56 bits per heavy atom. The third kappa shape index (κ3) is 16.7. The van der Waals surface area contributed by atoms with Crippen LogP contribution in [0.4, 0.5) is 13.2 Å². The molecule has 3 aromatic heterocycles. The van der Waals surface area contributed by atoms with Crippen molar-refractivity contribution < 1.29 is 26.9 Å². The third-order valence-electron chi connectivity index (χ3n) is 7.13. The average molecular weight is 695 g/mol. The normalized spacial score (nSPS) is 10.5. The molecule has 5 aromatic rings. The van der Waals surface area contributed by atoms with Crippen LogP contribution in [-0.2, 0) is 20.4 Å². The standard InChI is InChI=1S/C13H13F3N.C13H16N.C9H14N.3C3H8/c1-9(2)10-3-4-12-8-17(13(14,15)16)6-5-11(12)7-10;1-10(2)11-8-9-14(3)13-7-5-4-6-12(11)13;1-8(2)9-4-6-10(3)7-5-9;3*1-3-2/h3-9H,1-2H3;4-10H,1-3H3;4-8H,1-3H3;3*3H2,1-2H3/q3*+1;;;. The first-order valence-electron chi connectivity index (χ1n) is 18.4. The fraction of sp³-hybridized carbons (Fsp3) is 0.477. The molecule has 276 valence electrons. The second-order valence-electron chi connectivity index (χ2n) is 13.5. The molecule has 0 unspecified atom stereocenters. The van der Waals surface area contributed by atoms with Gasteiger partial charge in [0.2, 0.25) is 5.52 Å². The summed E-state index contributed by atoms with van der Waals surface area (Å²) < 4.78 is 41.9. The van der Waals surface area contributed by atoms with Crippen molar-refractivity contribution in [2.24, 2.45) is 14.1 Å². The highest BCUT2D eigenvalue weighted by molar-refractivity contribution is 5.81. The monoisotopic (exact) mass is 695 g/mol. The van der Waals surface area contributed by atoms with Gasteiger partial charge in [-0.05, 0) is 52.0 Å². The second-order valence-corrected chi connectivity index (χ2v) is 13.5. The Morgan fingerprint density at radius 1 is 0.560 bits per heavy atom. The van der Waals surface area contributed by atoms with E-state index in [2.05, 4.69) is 156 Å². The first-order chi connectivity index (χ1) is 23.5. The molecule has 0 bridgehead atoms. The maximum Gasteiger partial charge on any atom is 0.637 e. The van der Waals surface area contributed by atoms with Gasteiger partial charge in [0.15, 0.2) is 31.0 Å². The van der Waals surface area contributed by atoms with Gasteiger partial charge in [-0.1, -0.05) is 127 Å². The van der Waals surface area contributed by atoms with Crippen molar-refractivity contribution in [3.8, 4) is 0 Å². The molecule has 3 nitrogen and oxygen atoms in total. The maximum absolute atomic E-state index is 12.5. The van der Waals surface area contributed by atoms with Gasteiger partial charge in [0.1, 0.15) is 14.1 Å². The minimum absolute atomic E-state index is 0.268. The molecule has 5 rings (SSSR count). The molecule has 3 heterocycles. The molecule has 0 N–H and O–H groups in total. The predicted octanol–water partition coefficient (Wildman–Crippen LogP) is 12.4. The topological polar surface area (TPSA) is 11.6 Å². The van der Waals surface area contributed by atoms with Crippen LogP contribution in [0.2, 0.25) is 0 Å². The number of halogens is 3. The number of aromatic nitrogens is 3. The Kier molecular flexibility index (Phi) is 22.5. The molecule has 50 heavy (non-hydrogen) atoms. The summed E-state index contributed by atoms with van der Waals surface area (Å²) in [6.07, 6.45) is 7.85. The highest BCUT2D eigenvalue weighted by atomic mass is 19.4. The molecule has 0 fully saturated rings. The molecule has 0 aliphatic rings. The van der Waals surface area contributed by atoms with Crippen molar-refractivity contribution in [1.82, 2.24) is 0 Å². The van der Waals surface area contributed by atoms with Crippen LogP contribution < -0.4 is 13.7 Å². The van der Waals surface area contributed by atoms with Crippen LogP contribution in [-0.4, -0.2) is 0 Å². The van der Waals surface area contributed by atoms with Crippen LogP contribution >= 0.6 is 0 Å². The van der Waals surface area contributed by atoms with Gasteiger partial charge in [0.05, 0.1) is 0 Å². The molecule has 0 spiro atoms. The lowest BCUT2D eigenvalue weighted by molar-refractivity contribution is -0.854. The Labute approximate surface area is 302 Å². The first-order valence-corrected chi connectivity index (χ1v) is 18.4. The SMILES string of the molecule is CC(C)c1cc[n+](C)c2ccccc12.CC(C)c1cc[n+](C)cc1.CC(C)c1ccc2c[n+](C(F)(F)F)ccc2c1.CCC.CCC.CCC. The number of rotatable bonds is 3. The molecular formula is C44H67F3N3+3. The van der Waals surface area contributed by atoms with Crippen LogP contribution in [0.3, 0.4) is 0 Å². The Hall–Kier alpha value is -3.80. The highest BCUT2D eigenvalue weighted by Crippen LogP contribution is 2.23. The van der Waals surface area contributed by atoms with E-state index in [9.17, 15) is 13.2 Å². The largest absolute Gasteiger partial charge is 0.637 e. The molecule has 0 aliphatic carbocycles. The number of benzene rings is 2. The summed E-state index contributed by atoms with van der Waals surface area (Å²) in [4.78, 5) is 0. The summed E-state index contributed by atoms with van der Waals surface area (Å²) in [7, 11) is 4.12. The molecular weight excluding hydrogens is 627 g/mol. The van der Waals surface area contributed by atoms with Crippen LogP contribution in [0.1, 0.15) is 137 Å². The maximum atomic E-state index is 12.5. The van der Waals surface area contributed by atoms with E-state index in [0.29, 0.717) is 23.1 Å². The number of fused-ring (bicyclic) bond motifs is 2. The zero-order valence-electron chi connectivity index (χ0n) is 33.6. The number of para-hydroxylation sites is 1. The number of pyridine rings is 3. The molecule has 0 amide bonds. The van der Waals surface area contributed by atoms with Gasteiger partial charge < -0.3 is 0 Å². The summed E-state index contributed by atoms with van der Waals surface area (Å²) >= 11 is 0. The van der Waals surface area contributed by atoms with Crippen LogP contribution in [0, 0.1) is 0 Å². The van der Waals surface area contributed by atoms with Crippen LogP contribution in [0.5, 0.6) is 0 Å². The van der Waals surface area contributed by atoms with Crippen molar-refractivity contribution in [2.45, 2.75) is 126 Å². The summed E-state index contributed by atoms with van der Waals surface area (Å²) in [6, 6.07) is 22.1. The van der Waals surface area contributed by atoms with Gasteiger partial charge in [0.25, 0.3) is 0 Å². The smallest absolute Gasteiger partial charge is 0.208 e. The fourth-order valence-corrected chi connectivity index (χ4v) is 4.51. The van der Waals surface area contributed by atoms with E-state index >= 15 is 0 Å². The van der Waals surface area contributed by atoms with Gasteiger partial charge >= 0.3 is 6.30 Å². The van der Waals surface area contributed by atoms with Crippen molar-refractivity contribution in [2.75, 3.05) is 0 Å². The lowest BCUT2D eigenvalue weighted by Gasteiger charge is -2.07. The predicted molar refractivity (Wildman–Crippen MR) is 208 cm³/mol. The minimum atomic E-state index is -4.36. The van der Waals surface area contributed by atoms with Crippen molar-refractivity contribution >= 4 is 21.7 Å². The second kappa shape index (κ2) is 24.4. The average Bonchev–Trinajstić information content (AvgIpc) is 3.06. The van der Waals surface area contributed by atoms with Gasteiger partial charge in [-0.3, -0.25) is 0 Å². The molecule has 2 aromatic carbocycles. The number of hydrogen-bond acceptors (Lipinski definition) is 0. The summed E-state index contributed by atoms with van der Waals surface area (Å²) in [6.45, 7) is 25.7. The number of aryl methyl sites for hydroxylation is 2. The lowest BCUT2D eigenvalue weighted by atomic mass is 9.99. The Bertz CT molecular complexity index is 1620. The number of nitrogens with zero attached hydrogens (tertiary/aromatic N) is 3. The number of alkyl halides is 3. The first kappa shape index (κ1) is 46.2. The van der Waals surface area contributed by atoms with Gasteiger partial charge in [-0.15, -0.1) is 17.7 Å². The van der Waals surface area contributed by atoms with E-state index in [1.54, 1.807) is 6.07 Å². The van der Waals surface area contributed by atoms with Gasteiger partial charge in [-0.2, -0.15) is 0 Å². The van der Waals surface area contributed by atoms with Crippen molar-refractivity contribution in [3.63, 3.8) is 0 Å². The highest BCUT2D eigenvalue weighted by Gasteiger charge is 2.41. The fourth-order valence-electron chi connectivity index (χ4n) is 4.51. The number of hydrogen-bond donors (Lipinski definition) is 0. The lowest BCUT2D eigenvalue weighted by Crippen LogP contribution is -2.46. The van der Waals surface area contributed by atoms with Crippen molar-refractivity contribution in [3.05, 3.63) is 114 Å². The molecule has 0 saturated carbocycles. The van der Waals surface area contributed by atoms with E-state index < -0.39 is 6.30 Å². The summed E-state index contributed by atoms with van der Waals surface area (Å²) in [5.74, 6) is 1.59. The Morgan fingerprint density at radius 2 is 1.08 bits per heavy atom. The summed E-state index contributed by atoms with van der Waals surface area (Å²) in [5, 5.41) is 2.79. The van der Waals surface area contributed by atoms with E-state index in [1.807, 2.05) is 23.7 Å². The van der Waals surface area contributed by atoms with E-state index in [1.165, 1.54) is 47.4 Å². The molecule has 0 radical (unpaired) electrons.